The van der Waals surface area contributed by atoms with E-state index in [-0.39, 0.29) is 5.82 Å². The molecule has 0 unspecified atom stereocenters. The molecule has 4 nitrogen and oxygen atoms in total. The fourth-order valence-electron chi connectivity index (χ4n) is 1.88. The molecule has 1 N–H and O–H groups in total. The molecule has 0 radical (unpaired) electrons. The summed E-state index contributed by atoms with van der Waals surface area (Å²) in [5.41, 5.74) is 1.99. The molecule has 5 heteroatoms. The maximum absolute atomic E-state index is 13.0. The molecule has 0 aliphatic rings. The van der Waals surface area contributed by atoms with E-state index < -0.39 is 0 Å². The summed E-state index contributed by atoms with van der Waals surface area (Å²) in [6, 6.07) is 4.81. The minimum absolute atomic E-state index is 0.204. The second-order valence-electron chi connectivity index (χ2n) is 4.61. The van der Waals surface area contributed by atoms with Gasteiger partial charge in [0.1, 0.15) is 12.1 Å². The van der Waals surface area contributed by atoms with Gasteiger partial charge >= 0.3 is 0 Å². The molecule has 19 heavy (non-hydrogen) atoms. The SMILES string of the molecule is CCCNCc1ncn(Cc2ccc(F)cc2C)n1. The van der Waals surface area contributed by atoms with Gasteiger partial charge in [0, 0.05) is 0 Å². The average Bonchev–Trinajstić information content (AvgIpc) is 2.81. The van der Waals surface area contributed by atoms with E-state index in [0.29, 0.717) is 13.1 Å². The molecule has 1 aromatic carbocycles. The van der Waals surface area contributed by atoms with Gasteiger partial charge in [0.2, 0.25) is 0 Å². The van der Waals surface area contributed by atoms with Crippen LogP contribution in [0.5, 0.6) is 0 Å². The Balaban J connectivity index is 1.99. The largest absolute Gasteiger partial charge is 0.310 e. The lowest BCUT2D eigenvalue weighted by Gasteiger charge is -2.05. The van der Waals surface area contributed by atoms with Crippen molar-refractivity contribution in [1.29, 1.82) is 0 Å². The van der Waals surface area contributed by atoms with Gasteiger partial charge in [0.25, 0.3) is 0 Å². The first kappa shape index (κ1) is 13.7. The molecule has 1 aromatic heterocycles. The second kappa shape index (κ2) is 6.43. The zero-order chi connectivity index (χ0) is 13.7. The topological polar surface area (TPSA) is 42.7 Å². The van der Waals surface area contributed by atoms with Crippen molar-refractivity contribution in [3.8, 4) is 0 Å². The highest BCUT2D eigenvalue weighted by Gasteiger charge is 2.04. The van der Waals surface area contributed by atoms with Gasteiger partial charge in [0.15, 0.2) is 5.82 Å². The number of hydrogen-bond donors (Lipinski definition) is 1. The van der Waals surface area contributed by atoms with E-state index in [2.05, 4.69) is 22.3 Å². The van der Waals surface area contributed by atoms with E-state index in [1.54, 1.807) is 17.1 Å². The Labute approximate surface area is 112 Å². The van der Waals surface area contributed by atoms with Gasteiger partial charge in [-0.1, -0.05) is 13.0 Å². The van der Waals surface area contributed by atoms with Gasteiger partial charge in [0.05, 0.1) is 13.1 Å². The van der Waals surface area contributed by atoms with Crippen molar-refractivity contribution >= 4 is 0 Å². The number of benzene rings is 1. The summed E-state index contributed by atoms with van der Waals surface area (Å²) in [6.07, 6.45) is 2.81. The summed E-state index contributed by atoms with van der Waals surface area (Å²) in [6.45, 7) is 6.29. The predicted octanol–water partition coefficient (Wildman–Crippen LogP) is 2.27. The van der Waals surface area contributed by atoms with Crippen molar-refractivity contribution in [2.45, 2.75) is 33.4 Å². The molecule has 0 fully saturated rings. The van der Waals surface area contributed by atoms with Crippen LogP contribution < -0.4 is 5.32 Å². The smallest absolute Gasteiger partial charge is 0.164 e. The van der Waals surface area contributed by atoms with Crippen molar-refractivity contribution in [2.75, 3.05) is 6.54 Å². The maximum atomic E-state index is 13.0. The number of nitrogens with zero attached hydrogens (tertiary/aromatic N) is 3. The van der Waals surface area contributed by atoms with Crippen molar-refractivity contribution in [3.63, 3.8) is 0 Å². The zero-order valence-corrected chi connectivity index (χ0v) is 11.4. The molecule has 1 heterocycles. The summed E-state index contributed by atoms with van der Waals surface area (Å²) in [7, 11) is 0. The molecule has 0 bridgehead atoms. The van der Waals surface area contributed by atoms with Crippen LogP contribution in [0.25, 0.3) is 0 Å². The molecule has 102 valence electrons. The normalized spacial score (nSPS) is 10.9. The fourth-order valence-corrected chi connectivity index (χ4v) is 1.88. The van der Waals surface area contributed by atoms with Crippen LogP contribution in [-0.2, 0) is 13.1 Å². The molecule has 0 amide bonds. The first-order valence-electron chi connectivity index (χ1n) is 6.53. The Kier molecular flexibility index (Phi) is 4.63. The molecular formula is C14H19FN4. The highest BCUT2D eigenvalue weighted by Crippen LogP contribution is 2.11. The number of aromatic nitrogens is 3. The van der Waals surface area contributed by atoms with Gasteiger partial charge in [-0.3, -0.25) is 0 Å². The third kappa shape index (κ3) is 3.86. The lowest BCUT2D eigenvalue weighted by Crippen LogP contribution is -2.15. The number of nitrogens with one attached hydrogen (secondary N) is 1. The molecule has 2 rings (SSSR count). The highest BCUT2D eigenvalue weighted by molar-refractivity contribution is 5.26. The lowest BCUT2D eigenvalue weighted by atomic mass is 10.1. The minimum Gasteiger partial charge on any atom is -0.310 e. The molecule has 0 aliphatic carbocycles. The summed E-state index contributed by atoms with van der Waals surface area (Å²) in [5.74, 6) is 0.581. The Morgan fingerprint density at radius 2 is 2.21 bits per heavy atom. The van der Waals surface area contributed by atoms with E-state index in [4.69, 9.17) is 0 Å². The Hall–Kier alpha value is -1.75. The van der Waals surface area contributed by atoms with Crippen LogP contribution in [0.15, 0.2) is 24.5 Å². The fraction of sp³-hybridized carbons (Fsp3) is 0.429. The summed E-state index contributed by atoms with van der Waals surface area (Å²) < 4.78 is 14.8. The number of hydrogen-bond acceptors (Lipinski definition) is 3. The van der Waals surface area contributed by atoms with Crippen LogP contribution in [-0.4, -0.2) is 21.3 Å². The molecular weight excluding hydrogens is 243 g/mol. The Morgan fingerprint density at radius 1 is 1.37 bits per heavy atom. The average molecular weight is 262 g/mol. The van der Waals surface area contributed by atoms with Crippen molar-refractivity contribution < 1.29 is 4.39 Å². The number of rotatable bonds is 6. The monoisotopic (exact) mass is 262 g/mol. The van der Waals surface area contributed by atoms with Crippen LogP contribution in [0.4, 0.5) is 4.39 Å². The van der Waals surface area contributed by atoms with E-state index in [1.165, 1.54) is 12.1 Å². The molecule has 0 saturated carbocycles. The third-order valence-corrected chi connectivity index (χ3v) is 2.93. The molecule has 0 spiro atoms. The van der Waals surface area contributed by atoms with E-state index in [0.717, 1.165) is 29.9 Å². The molecule has 0 aliphatic heterocycles. The van der Waals surface area contributed by atoms with Gasteiger partial charge < -0.3 is 5.32 Å². The minimum atomic E-state index is -0.204. The summed E-state index contributed by atoms with van der Waals surface area (Å²) >= 11 is 0. The number of halogens is 1. The van der Waals surface area contributed by atoms with Crippen LogP contribution in [0.3, 0.4) is 0 Å². The van der Waals surface area contributed by atoms with Gasteiger partial charge in [-0.15, -0.1) is 0 Å². The van der Waals surface area contributed by atoms with Crippen LogP contribution in [0.2, 0.25) is 0 Å². The van der Waals surface area contributed by atoms with E-state index >= 15 is 0 Å². The first-order chi connectivity index (χ1) is 9.19. The van der Waals surface area contributed by atoms with Crippen molar-refractivity contribution in [2.24, 2.45) is 0 Å². The second-order valence-corrected chi connectivity index (χ2v) is 4.61. The zero-order valence-electron chi connectivity index (χ0n) is 11.4. The third-order valence-electron chi connectivity index (χ3n) is 2.93. The quantitative estimate of drug-likeness (QED) is 0.812. The number of aryl methyl sites for hydroxylation is 1. The summed E-state index contributed by atoms with van der Waals surface area (Å²) in [5, 5.41) is 7.65. The van der Waals surface area contributed by atoms with Gasteiger partial charge in [-0.2, -0.15) is 5.10 Å². The van der Waals surface area contributed by atoms with Crippen LogP contribution in [0, 0.1) is 12.7 Å². The lowest BCUT2D eigenvalue weighted by molar-refractivity contribution is 0.615. The van der Waals surface area contributed by atoms with Gasteiger partial charge in [-0.05, 0) is 43.1 Å². The van der Waals surface area contributed by atoms with Gasteiger partial charge in [-0.25, -0.2) is 14.1 Å². The van der Waals surface area contributed by atoms with Crippen molar-refractivity contribution in [1.82, 2.24) is 20.1 Å². The summed E-state index contributed by atoms with van der Waals surface area (Å²) in [4.78, 5) is 4.25. The highest BCUT2D eigenvalue weighted by atomic mass is 19.1. The molecule has 0 saturated heterocycles. The van der Waals surface area contributed by atoms with Crippen LogP contribution >= 0.6 is 0 Å². The van der Waals surface area contributed by atoms with Crippen molar-refractivity contribution in [3.05, 3.63) is 47.3 Å². The van der Waals surface area contributed by atoms with E-state index in [9.17, 15) is 4.39 Å². The van der Waals surface area contributed by atoms with Crippen LogP contribution in [0.1, 0.15) is 30.3 Å². The Bertz CT molecular complexity index is 536. The molecule has 2 aromatic rings. The standard InChI is InChI=1S/C14H19FN4/c1-3-6-16-8-14-17-10-19(18-14)9-12-4-5-13(15)7-11(12)2/h4-5,7,10,16H,3,6,8-9H2,1-2H3. The Morgan fingerprint density at radius 3 is 2.95 bits per heavy atom. The predicted molar refractivity (Wildman–Crippen MR) is 72.3 cm³/mol. The maximum Gasteiger partial charge on any atom is 0.164 e. The van der Waals surface area contributed by atoms with E-state index in [1.807, 2.05) is 6.92 Å². The first-order valence-corrected chi connectivity index (χ1v) is 6.53. The molecule has 0 atom stereocenters.